The van der Waals surface area contributed by atoms with Crippen LogP contribution in [0.15, 0.2) is 53.4 Å². The molecule has 0 aliphatic rings. The quantitative estimate of drug-likeness (QED) is 0.446. The molecular weight excluding hydrogens is 448 g/mol. The van der Waals surface area contributed by atoms with Crippen LogP contribution in [-0.4, -0.2) is 41.3 Å². The molecule has 0 atom stereocenters. The first-order valence-corrected chi connectivity index (χ1v) is 11.7. The van der Waals surface area contributed by atoms with E-state index in [1.807, 2.05) is 41.8 Å². The Morgan fingerprint density at radius 3 is 2.50 bits per heavy atom. The van der Waals surface area contributed by atoms with Crippen LogP contribution < -0.4 is 15.4 Å². The molecule has 3 aromatic rings. The van der Waals surface area contributed by atoms with Gasteiger partial charge in [-0.05, 0) is 29.1 Å². The van der Waals surface area contributed by atoms with E-state index in [1.54, 1.807) is 18.7 Å². The van der Waals surface area contributed by atoms with Crippen molar-refractivity contribution in [2.45, 2.75) is 25.9 Å². The molecule has 1 aromatic carbocycles. The van der Waals surface area contributed by atoms with Crippen molar-refractivity contribution in [1.82, 2.24) is 15.2 Å². The number of thiazole rings is 1. The van der Waals surface area contributed by atoms with Crippen LogP contribution in [0.5, 0.6) is 5.75 Å². The third-order valence-corrected chi connectivity index (χ3v) is 6.06. The third-order valence-electron chi connectivity index (χ3n) is 4.51. The summed E-state index contributed by atoms with van der Waals surface area (Å²) in [4.78, 5) is 43.8. The lowest BCUT2D eigenvalue weighted by molar-refractivity contribution is -0.137. The Labute approximate surface area is 194 Å². The van der Waals surface area contributed by atoms with E-state index in [2.05, 4.69) is 15.6 Å². The monoisotopic (exact) mass is 472 g/mol. The number of nitrogens with zero attached hydrogens (tertiary/aromatic N) is 2. The normalized spacial score (nSPS) is 10.4. The zero-order chi connectivity index (χ0) is 22.8. The number of ether oxygens (including phenoxy) is 1. The minimum absolute atomic E-state index is 0.00828. The number of amides is 3. The SMILES string of the molecule is COc1ccc(CNC(=O)CN(Cc2cccs2)C(=O)CCC(=O)Nc2nccs2)cc1. The van der Waals surface area contributed by atoms with Crippen LogP contribution in [0, 0.1) is 0 Å². The molecule has 168 valence electrons. The highest BCUT2D eigenvalue weighted by Gasteiger charge is 2.19. The number of nitrogens with one attached hydrogen (secondary N) is 2. The largest absolute Gasteiger partial charge is 0.497 e. The highest BCUT2D eigenvalue weighted by Crippen LogP contribution is 2.15. The lowest BCUT2D eigenvalue weighted by atomic mass is 10.2. The molecule has 32 heavy (non-hydrogen) atoms. The fourth-order valence-corrected chi connectivity index (χ4v) is 4.11. The predicted octanol–water partition coefficient (Wildman–Crippen LogP) is 3.28. The first-order chi connectivity index (χ1) is 15.5. The highest BCUT2D eigenvalue weighted by atomic mass is 32.1. The van der Waals surface area contributed by atoms with Crippen molar-refractivity contribution in [1.29, 1.82) is 0 Å². The van der Waals surface area contributed by atoms with Gasteiger partial charge in [0.15, 0.2) is 5.13 Å². The molecule has 0 saturated carbocycles. The van der Waals surface area contributed by atoms with Crippen LogP contribution in [-0.2, 0) is 27.5 Å². The van der Waals surface area contributed by atoms with Crippen LogP contribution in [0.4, 0.5) is 5.13 Å². The van der Waals surface area contributed by atoms with Gasteiger partial charge in [0.1, 0.15) is 5.75 Å². The molecular formula is C22H24N4O4S2. The van der Waals surface area contributed by atoms with E-state index >= 15 is 0 Å². The van der Waals surface area contributed by atoms with Gasteiger partial charge >= 0.3 is 0 Å². The minimum atomic E-state index is -0.284. The molecule has 0 radical (unpaired) electrons. The van der Waals surface area contributed by atoms with Gasteiger partial charge in [-0.3, -0.25) is 14.4 Å². The average molecular weight is 473 g/mol. The van der Waals surface area contributed by atoms with Gasteiger partial charge in [-0.15, -0.1) is 22.7 Å². The number of methoxy groups -OCH3 is 1. The standard InChI is InChI=1S/C22H24N4O4S2/c1-30-17-6-4-16(5-7-17)13-24-20(28)15-26(14-18-3-2-11-31-18)21(29)9-8-19(27)25-22-23-10-12-32-22/h2-7,10-12H,8-9,13-15H2,1H3,(H,24,28)(H,23,25,27). The molecule has 2 heterocycles. The van der Waals surface area contributed by atoms with E-state index in [4.69, 9.17) is 4.74 Å². The minimum Gasteiger partial charge on any atom is -0.497 e. The van der Waals surface area contributed by atoms with Gasteiger partial charge in [-0.1, -0.05) is 18.2 Å². The molecule has 2 aromatic heterocycles. The van der Waals surface area contributed by atoms with Crippen molar-refractivity contribution in [2.24, 2.45) is 0 Å². The van der Waals surface area contributed by atoms with E-state index in [0.29, 0.717) is 18.2 Å². The van der Waals surface area contributed by atoms with E-state index < -0.39 is 0 Å². The number of benzene rings is 1. The second kappa shape index (κ2) is 12.0. The number of anilines is 1. The number of aromatic nitrogens is 1. The second-order valence-corrected chi connectivity index (χ2v) is 8.77. The van der Waals surface area contributed by atoms with Crippen LogP contribution in [0.1, 0.15) is 23.3 Å². The zero-order valence-electron chi connectivity index (χ0n) is 17.6. The van der Waals surface area contributed by atoms with Crippen molar-refractivity contribution in [3.63, 3.8) is 0 Å². The summed E-state index contributed by atoms with van der Waals surface area (Å²) in [5.74, 6) is -0.0646. The molecule has 3 rings (SSSR count). The van der Waals surface area contributed by atoms with Gasteiger partial charge in [0.05, 0.1) is 20.2 Å². The zero-order valence-corrected chi connectivity index (χ0v) is 19.2. The molecule has 0 unspecified atom stereocenters. The van der Waals surface area contributed by atoms with Crippen molar-refractivity contribution >= 4 is 45.5 Å². The van der Waals surface area contributed by atoms with Crippen molar-refractivity contribution in [2.75, 3.05) is 19.0 Å². The first kappa shape index (κ1) is 23.4. The van der Waals surface area contributed by atoms with Crippen molar-refractivity contribution < 1.29 is 19.1 Å². The maximum Gasteiger partial charge on any atom is 0.239 e. The highest BCUT2D eigenvalue weighted by molar-refractivity contribution is 7.13. The number of hydrogen-bond acceptors (Lipinski definition) is 7. The van der Waals surface area contributed by atoms with E-state index in [9.17, 15) is 14.4 Å². The number of carbonyl (C=O) groups excluding carboxylic acids is 3. The Kier molecular flexibility index (Phi) is 8.76. The summed E-state index contributed by atoms with van der Waals surface area (Å²) in [6.07, 6.45) is 1.62. The molecule has 2 N–H and O–H groups in total. The molecule has 10 heteroatoms. The Balaban J connectivity index is 1.53. The van der Waals surface area contributed by atoms with E-state index in [-0.39, 0.29) is 37.1 Å². The molecule has 3 amide bonds. The molecule has 0 saturated heterocycles. The Bertz CT molecular complexity index is 1010. The summed E-state index contributed by atoms with van der Waals surface area (Å²) >= 11 is 2.82. The number of thiophene rings is 1. The first-order valence-electron chi connectivity index (χ1n) is 9.92. The van der Waals surface area contributed by atoms with Gasteiger partial charge < -0.3 is 20.3 Å². The lowest BCUT2D eigenvalue weighted by Gasteiger charge is -2.21. The molecule has 0 aliphatic carbocycles. The van der Waals surface area contributed by atoms with Gasteiger partial charge in [0.2, 0.25) is 17.7 Å². The van der Waals surface area contributed by atoms with Gasteiger partial charge in [0.25, 0.3) is 0 Å². The van der Waals surface area contributed by atoms with Crippen LogP contribution >= 0.6 is 22.7 Å². The predicted molar refractivity (Wildman–Crippen MR) is 125 cm³/mol. The van der Waals surface area contributed by atoms with E-state index in [0.717, 1.165) is 16.2 Å². The Morgan fingerprint density at radius 2 is 1.84 bits per heavy atom. The topological polar surface area (TPSA) is 101 Å². The lowest BCUT2D eigenvalue weighted by Crippen LogP contribution is -2.40. The summed E-state index contributed by atoms with van der Waals surface area (Å²) in [7, 11) is 1.60. The fourth-order valence-electron chi connectivity index (χ4n) is 2.84. The van der Waals surface area contributed by atoms with Crippen LogP contribution in [0.2, 0.25) is 0 Å². The summed E-state index contributed by atoms with van der Waals surface area (Å²) < 4.78 is 5.13. The van der Waals surface area contributed by atoms with Crippen molar-refractivity contribution in [3.8, 4) is 5.75 Å². The van der Waals surface area contributed by atoms with Gasteiger partial charge in [-0.2, -0.15) is 0 Å². The molecule has 0 aliphatic heterocycles. The maximum absolute atomic E-state index is 12.8. The van der Waals surface area contributed by atoms with Crippen LogP contribution in [0.3, 0.4) is 0 Å². The van der Waals surface area contributed by atoms with Crippen molar-refractivity contribution in [3.05, 3.63) is 63.8 Å². The smallest absolute Gasteiger partial charge is 0.239 e. The van der Waals surface area contributed by atoms with Gasteiger partial charge in [-0.25, -0.2) is 4.98 Å². The number of rotatable bonds is 11. The summed E-state index contributed by atoms with van der Waals surface area (Å²) in [6, 6.07) is 11.2. The molecule has 0 bridgehead atoms. The summed E-state index contributed by atoms with van der Waals surface area (Å²) in [6.45, 7) is 0.585. The maximum atomic E-state index is 12.8. The molecule has 0 spiro atoms. The number of hydrogen-bond donors (Lipinski definition) is 2. The van der Waals surface area contributed by atoms with Crippen LogP contribution in [0.25, 0.3) is 0 Å². The molecule has 8 nitrogen and oxygen atoms in total. The number of carbonyl (C=O) groups is 3. The summed E-state index contributed by atoms with van der Waals surface area (Å²) in [5.41, 5.74) is 0.925. The fraction of sp³-hybridized carbons (Fsp3) is 0.273. The second-order valence-electron chi connectivity index (χ2n) is 6.84. The Morgan fingerprint density at radius 1 is 1.03 bits per heavy atom. The average Bonchev–Trinajstić information content (AvgIpc) is 3.50. The van der Waals surface area contributed by atoms with Gasteiger partial charge in [0, 0.05) is 35.8 Å². The molecule has 0 fully saturated rings. The third kappa shape index (κ3) is 7.47. The van der Waals surface area contributed by atoms with E-state index in [1.165, 1.54) is 27.6 Å². The Hall–Kier alpha value is -3.24. The summed E-state index contributed by atoms with van der Waals surface area (Å²) in [5, 5.41) is 9.67.